The minimum atomic E-state index is 0. The highest BCUT2D eigenvalue weighted by atomic mass is 16.3. The number of furan rings is 1. The maximum absolute atomic E-state index is 6.34. The van der Waals surface area contributed by atoms with Gasteiger partial charge < -0.3 is 4.42 Å². The van der Waals surface area contributed by atoms with Gasteiger partial charge in [0.2, 0.25) is 0 Å². The first-order valence-electron chi connectivity index (χ1n) is 12.2. The molecule has 0 radical (unpaired) electrons. The third kappa shape index (κ3) is 3.85. The largest absolute Gasteiger partial charge is 0.456 e. The van der Waals surface area contributed by atoms with Crippen molar-refractivity contribution in [2.45, 2.75) is 0 Å². The highest BCUT2D eigenvalue weighted by molar-refractivity contribution is 6.13. The summed E-state index contributed by atoms with van der Waals surface area (Å²) < 4.78 is 6.34. The zero-order chi connectivity index (χ0) is 24.6. The predicted octanol–water partition coefficient (Wildman–Crippen LogP) is 8.69. The molecule has 2 heterocycles. The van der Waals surface area contributed by atoms with Crippen LogP contribution in [0.1, 0.15) is 1.43 Å². The second kappa shape index (κ2) is 8.85. The normalized spacial score (nSPS) is 11.2. The number of hydrogen-bond acceptors (Lipinski definition) is 4. The first-order chi connectivity index (χ1) is 18.3. The van der Waals surface area contributed by atoms with Crippen molar-refractivity contribution in [1.82, 2.24) is 15.0 Å². The van der Waals surface area contributed by atoms with Crippen LogP contribution >= 0.6 is 0 Å². The van der Waals surface area contributed by atoms with E-state index < -0.39 is 0 Å². The number of rotatable bonds is 4. The third-order valence-corrected chi connectivity index (χ3v) is 6.53. The molecule has 2 aromatic heterocycles. The van der Waals surface area contributed by atoms with E-state index in [0.717, 1.165) is 49.8 Å². The molecular formula is C33H23N3O. The van der Waals surface area contributed by atoms with E-state index in [-0.39, 0.29) is 1.43 Å². The molecule has 4 heteroatoms. The van der Waals surface area contributed by atoms with Crippen LogP contribution in [0.15, 0.2) is 132 Å². The summed E-state index contributed by atoms with van der Waals surface area (Å²) in [6, 6.07) is 42.8. The number of benzene rings is 5. The van der Waals surface area contributed by atoms with Crippen molar-refractivity contribution in [1.29, 1.82) is 0 Å². The van der Waals surface area contributed by atoms with Gasteiger partial charge in [-0.3, -0.25) is 0 Å². The first-order valence-corrected chi connectivity index (χ1v) is 12.2. The van der Waals surface area contributed by atoms with Gasteiger partial charge in [-0.25, -0.2) is 15.0 Å². The summed E-state index contributed by atoms with van der Waals surface area (Å²) in [7, 11) is 0. The van der Waals surface area contributed by atoms with Crippen molar-refractivity contribution < 1.29 is 5.84 Å². The zero-order valence-electron chi connectivity index (χ0n) is 19.9. The molecule has 0 N–H and O–H groups in total. The van der Waals surface area contributed by atoms with E-state index >= 15 is 0 Å². The Morgan fingerprint density at radius 2 is 0.946 bits per heavy atom. The topological polar surface area (TPSA) is 51.8 Å². The zero-order valence-corrected chi connectivity index (χ0v) is 19.9. The van der Waals surface area contributed by atoms with Crippen LogP contribution in [0.4, 0.5) is 0 Å². The van der Waals surface area contributed by atoms with Crippen molar-refractivity contribution in [2.75, 3.05) is 0 Å². The molecule has 0 fully saturated rings. The molecule has 0 aliphatic carbocycles. The summed E-state index contributed by atoms with van der Waals surface area (Å²) >= 11 is 0. The Morgan fingerprint density at radius 1 is 0.432 bits per heavy atom. The Labute approximate surface area is 215 Å². The molecule has 4 nitrogen and oxygen atoms in total. The van der Waals surface area contributed by atoms with Crippen LogP contribution in [0.3, 0.4) is 0 Å². The molecule has 0 aliphatic heterocycles. The molecule has 0 amide bonds. The standard InChI is InChI=1S/C33H21N3O.H2/c1-4-12-22(13-5-1)25-20-27(30-26-18-10-11-19-28(26)37-29(30)21-25)33-35-31(23-14-6-2-7-15-23)34-32(36-33)24-16-8-3-9-17-24;/h1-21H;1H/i;1+1. The molecule has 7 rings (SSSR count). The van der Waals surface area contributed by atoms with E-state index in [0.29, 0.717) is 17.5 Å². The van der Waals surface area contributed by atoms with Crippen LogP contribution in [0.5, 0.6) is 0 Å². The van der Waals surface area contributed by atoms with E-state index in [4.69, 9.17) is 19.4 Å². The Hall–Kier alpha value is -5.09. The van der Waals surface area contributed by atoms with Gasteiger partial charge in [0.15, 0.2) is 17.5 Å². The number of aromatic nitrogens is 3. The smallest absolute Gasteiger partial charge is 0.164 e. The van der Waals surface area contributed by atoms with Crippen LogP contribution in [-0.4, -0.2) is 15.0 Å². The van der Waals surface area contributed by atoms with Gasteiger partial charge in [0.1, 0.15) is 11.2 Å². The van der Waals surface area contributed by atoms with Gasteiger partial charge in [-0.15, -0.1) is 0 Å². The number of fused-ring (bicyclic) bond motifs is 3. The Balaban J connectivity index is 0.00000264. The van der Waals surface area contributed by atoms with Crippen molar-refractivity contribution >= 4 is 21.9 Å². The fraction of sp³-hybridized carbons (Fsp3) is 0. The SMILES string of the molecule is [2HH].c1ccc(-c2cc(-c3nc(-c4ccccc4)nc(-c4ccccc4)n3)c3c(c2)oc2ccccc23)cc1. The Kier molecular flexibility index (Phi) is 5.07. The van der Waals surface area contributed by atoms with Gasteiger partial charge in [0.05, 0.1) is 0 Å². The Bertz CT molecular complexity index is 1810. The highest BCUT2D eigenvalue weighted by Gasteiger charge is 2.19. The second-order valence-electron chi connectivity index (χ2n) is 8.90. The average Bonchev–Trinajstić information content (AvgIpc) is 3.36. The molecule has 7 aromatic rings. The summed E-state index contributed by atoms with van der Waals surface area (Å²) in [5.41, 5.74) is 6.59. The minimum absolute atomic E-state index is 0. The summed E-state index contributed by atoms with van der Waals surface area (Å²) in [6.45, 7) is 0. The van der Waals surface area contributed by atoms with Gasteiger partial charge >= 0.3 is 0 Å². The van der Waals surface area contributed by atoms with Crippen LogP contribution in [-0.2, 0) is 0 Å². The minimum Gasteiger partial charge on any atom is -0.456 e. The predicted molar refractivity (Wildman–Crippen MR) is 151 cm³/mol. The highest BCUT2D eigenvalue weighted by Crippen LogP contribution is 2.39. The summed E-state index contributed by atoms with van der Waals surface area (Å²) in [5.74, 6) is 1.88. The van der Waals surface area contributed by atoms with Crippen molar-refractivity contribution in [3.8, 4) is 45.3 Å². The van der Waals surface area contributed by atoms with Crippen molar-refractivity contribution in [3.63, 3.8) is 0 Å². The van der Waals surface area contributed by atoms with E-state index in [1.807, 2.05) is 97.1 Å². The van der Waals surface area contributed by atoms with Crippen LogP contribution in [0.2, 0.25) is 0 Å². The van der Waals surface area contributed by atoms with E-state index in [1.54, 1.807) is 0 Å². The number of hydrogen-bond donors (Lipinski definition) is 0. The maximum atomic E-state index is 6.34. The quantitative estimate of drug-likeness (QED) is 0.254. The lowest BCUT2D eigenvalue weighted by molar-refractivity contribution is 0.669. The average molecular weight is 479 g/mol. The molecule has 176 valence electrons. The molecule has 0 atom stereocenters. The van der Waals surface area contributed by atoms with Crippen molar-refractivity contribution in [2.24, 2.45) is 0 Å². The molecule has 0 saturated heterocycles. The lowest BCUT2D eigenvalue weighted by atomic mass is 9.98. The van der Waals surface area contributed by atoms with Crippen molar-refractivity contribution in [3.05, 3.63) is 127 Å². The maximum Gasteiger partial charge on any atom is 0.164 e. The molecular weight excluding hydrogens is 454 g/mol. The van der Waals surface area contributed by atoms with E-state index in [1.165, 1.54) is 0 Å². The van der Waals surface area contributed by atoms with Crippen LogP contribution in [0, 0.1) is 0 Å². The van der Waals surface area contributed by atoms with E-state index in [9.17, 15) is 0 Å². The molecule has 5 aromatic carbocycles. The molecule has 0 spiro atoms. The summed E-state index contributed by atoms with van der Waals surface area (Å²) in [5, 5.41) is 2.04. The first kappa shape index (κ1) is 21.2. The van der Waals surface area contributed by atoms with E-state index in [2.05, 4.69) is 30.3 Å². The van der Waals surface area contributed by atoms with Gasteiger partial charge in [-0.05, 0) is 29.3 Å². The van der Waals surface area contributed by atoms with Gasteiger partial charge in [-0.2, -0.15) is 0 Å². The molecule has 0 aliphatic rings. The molecule has 0 saturated carbocycles. The van der Waals surface area contributed by atoms with Gasteiger partial charge in [-0.1, -0.05) is 109 Å². The fourth-order valence-electron chi connectivity index (χ4n) is 4.76. The summed E-state index contributed by atoms with van der Waals surface area (Å²) in [6.07, 6.45) is 0. The number of nitrogens with zero attached hydrogens (tertiary/aromatic N) is 3. The molecule has 37 heavy (non-hydrogen) atoms. The number of para-hydroxylation sites is 1. The fourth-order valence-corrected chi connectivity index (χ4v) is 4.76. The summed E-state index contributed by atoms with van der Waals surface area (Å²) in [4.78, 5) is 14.9. The lowest BCUT2D eigenvalue weighted by Gasteiger charge is -2.11. The van der Waals surface area contributed by atoms with Gasteiger partial charge in [0.25, 0.3) is 0 Å². The second-order valence-corrected chi connectivity index (χ2v) is 8.90. The Morgan fingerprint density at radius 3 is 1.57 bits per heavy atom. The molecule has 0 bridgehead atoms. The van der Waals surface area contributed by atoms with Crippen LogP contribution in [0.25, 0.3) is 67.2 Å². The monoisotopic (exact) mass is 478 g/mol. The van der Waals surface area contributed by atoms with Crippen LogP contribution < -0.4 is 0 Å². The lowest BCUT2D eigenvalue weighted by Crippen LogP contribution is -2.00. The van der Waals surface area contributed by atoms with Gasteiger partial charge in [0, 0.05) is 28.9 Å². The third-order valence-electron chi connectivity index (χ3n) is 6.53. The molecule has 0 unspecified atom stereocenters.